The first-order valence-corrected chi connectivity index (χ1v) is 10.9. The molecule has 2 saturated carbocycles. The van der Waals surface area contributed by atoms with E-state index in [-0.39, 0.29) is 11.9 Å². The maximum Gasteiger partial charge on any atom is 0.241 e. The van der Waals surface area contributed by atoms with Crippen LogP contribution in [0.25, 0.3) is 0 Å². The topological polar surface area (TPSA) is 73.4 Å². The molecule has 5 heteroatoms. The average Bonchev–Trinajstić information content (AvgIpc) is 3.26. The third kappa shape index (κ3) is 2.68. The highest BCUT2D eigenvalue weighted by atomic mass is 16.2. The van der Waals surface area contributed by atoms with Gasteiger partial charge in [0.05, 0.1) is 12.1 Å². The lowest BCUT2D eigenvalue weighted by atomic mass is 9.82. The van der Waals surface area contributed by atoms with Gasteiger partial charge in [-0.3, -0.25) is 9.69 Å². The summed E-state index contributed by atoms with van der Waals surface area (Å²) in [5.41, 5.74) is 6.53. The lowest BCUT2D eigenvalue weighted by Gasteiger charge is -2.46. The largest absolute Gasteiger partial charge is 0.322 e. The predicted molar refractivity (Wildman–Crippen MR) is 99.0 cm³/mol. The van der Waals surface area contributed by atoms with Gasteiger partial charge in [0.15, 0.2) is 0 Å². The maximum atomic E-state index is 13.1. The third-order valence-electron chi connectivity index (χ3n) is 8.12. The minimum absolute atomic E-state index is 0.0667. The number of fused-ring (bicyclic) bond motifs is 3. The van der Waals surface area contributed by atoms with Crippen LogP contribution in [0.4, 0.5) is 0 Å². The predicted octanol–water partition coefficient (Wildman–Crippen LogP) is 2.40. The first-order valence-electron chi connectivity index (χ1n) is 10.9. The Labute approximate surface area is 156 Å². The van der Waals surface area contributed by atoms with Crippen LogP contribution in [0.2, 0.25) is 0 Å². The zero-order valence-electron chi connectivity index (χ0n) is 15.7. The van der Waals surface area contributed by atoms with Crippen molar-refractivity contribution in [3.8, 4) is 6.07 Å². The van der Waals surface area contributed by atoms with Gasteiger partial charge in [-0.25, -0.2) is 0 Å². The molecular formula is C21H32N4O. The summed E-state index contributed by atoms with van der Waals surface area (Å²) in [6, 6.07) is 4.08. The van der Waals surface area contributed by atoms with Gasteiger partial charge in [0, 0.05) is 24.2 Å². The molecule has 2 aliphatic carbocycles. The smallest absolute Gasteiger partial charge is 0.241 e. The van der Waals surface area contributed by atoms with Gasteiger partial charge in [0.25, 0.3) is 0 Å². The minimum atomic E-state index is -0.401. The molecule has 3 aliphatic heterocycles. The van der Waals surface area contributed by atoms with Crippen LogP contribution < -0.4 is 5.73 Å². The van der Waals surface area contributed by atoms with Gasteiger partial charge in [0.1, 0.15) is 6.04 Å². The monoisotopic (exact) mass is 356 g/mol. The Morgan fingerprint density at radius 2 is 1.65 bits per heavy atom. The van der Waals surface area contributed by atoms with Crippen molar-refractivity contribution in [3.63, 3.8) is 0 Å². The Kier molecular flexibility index (Phi) is 4.25. The summed E-state index contributed by atoms with van der Waals surface area (Å²) in [6.45, 7) is 0. The summed E-state index contributed by atoms with van der Waals surface area (Å²) >= 11 is 0. The van der Waals surface area contributed by atoms with Gasteiger partial charge in [-0.15, -0.1) is 0 Å². The zero-order valence-corrected chi connectivity index (χ0v) is 15.7. The molecule has 0 spiro atoms. The van der Waals surface area contributed by atoms with Crippen molar-refractivity contribution in [2.45, 2.75) is 107 Å². The van der Waals surface area contributed by atoms with Crippen LogP contribution in [-0.4, -0.2) is 52.0 Å². The lowest BCUT2D eigenvalue weighted by molar-refractivity contribution is -0.135. The number of carbonyl (C=O) groups is 1. The van der Waals surface area contributed by atoms with Crippen molar-refractivity contribution in [1.29, 1.82) is 5.26 Å². The van der Waals surface area contributed by atoms with Crippen molar-refractivity contribution >= 4 is 5.91 Å². The van der Waals surface area contributed by atoms with E-state index < -0.39 is 6.04 Å². The summed E-state index contributed by atoms with van der Waals surface area (Å²) < 4.78 is 0. The van der Waals surface area contributed by atoms with Gasteiger partial charge in [-0.05, 0) is 63.2 Å². The number of hydrogen-bond acceptors (Lipinski definition) is 4. The van der Waals surface area contributed by atoms with Crippen molar-refractivity contribution in [1.82, 2.24) is 9.80 Å². The van der Waals surface area contributed by atoms with Crippen molar-refractivity contribution < 1.29 is 4.79 Å². The maximum absolute atomic E-state index is 13.1. The summed E-state index contributed by atoms with van der Waals surface area (Å²) in [5.74, 6) is 0.939. The molecule has 6 atom stereocenters. The minimum Gasteiger partial charge on any atom is -0.322 e. The number of likely N-dealkylation sites (tertiary alicyclic amines) is 1. The standard InChI is InChI=1S/C21H32N4O/c22-12-18-8-13-11-19(13)25(18)21(26)20(23)14-9-16-6-7-17(10-14)24(16)15-4-2-1-3-5-15/h13-20H,1-11,23H2/t13?,14?,16?,17?,18-,19?,20-/m0/s1. The van der Waals surface area contributed by atoms with Crippen LogP contribution in [0.5, 0.6) is 0 Å². The van der Waals surface area contributed by atoms with Crippen LogP contribution in [0.1, 0.15) is 70.6 Å². The number of nitrogens with zero attached hydrogens (tertiary/aromatic N) is 3. The second-order valence-electron chi connectivity index (χ2n) is 9.57. The number of nitrogens with two attached hydrogens (primary N) is 1. The molecule has 4 unspecified atom stereocenters. The lowest BCUT2D eigenvalue weighted by Crippen LogP contribution is -2.56. The Hall–Kier alpha value is -1.12. The van der Waals surface area contributed by atoms with E-state index in [1.165, 1.54) is 44.9 Å². The number of nitriles is 1. The normalized spacial score (nSPS) is 43.8. The van der Waals surface area contributed by atoms with Gasteiger partial charge < -0.3 is 10.6 Å². The van der Waals surface area contributed by atoms with Crippen LogP contribution >= 0.6 is 0 Å². The third-order valence-corrected chi connectivity index (χ3v) is 8.12. The second-order valence-corrected chi connectivity index (χ2v) is 9.57. The fourth-order valence-electron chi connectivity index (χ4n) is 6.79. The molecule has 0 aromatic carbocycles. The molecular weight excluding hydrogens is 324 g/mol. The Bertz CT molecular complexity index is 596. The van der Waals surface area contributed by atoms with E-state index in [1.807, 2.05) is 4.90 Å². The molecule has 5 nitrogen and oxygen atoms in total. The molecule has 5 rings (SSSR count). The highest BCUT2D eigenvalue weighted by Crippen LogP contribution is 2.49. The van der Waals surface area contributed by atoms with E-state index in [1.54, 1.807) is 0 Å². The van der Waals surface area contributed by atoms with Crippen LogP contribution in [0.3, 0.4) is 0 Å². The van der Waals surface area contributed by atoms with Gasteiger partial charge in [-0.2, -0.15) is 5.26 Å². The van der Waals surface area contributed by atoms with E-state index in [9.17, 15) is 10.1 Å². The summed E-state index contributed by atoms with van der Waals surface area (Å²) in [7, 11) is 0. The zero-order chi connectivity index (χ0) is 17.8. The van der Waals surface area contributed by atoms with Crippen molar-refractivity contribution in [3.05, 3.63) is 0 Å². The molecule has 1 amide bonds. The SMILES string of the molecule is N#C[C@@H]1CC2CC2N1C(=O)[C@@H](N)C1CC2CCC(C1)N2C1CCCCC1. The van der Waals surface area contributed by atoms with E-state index in [0.717, 1.165) is 31.7 Å². The first-order chi connectivity index (χ1) is 12.7. The molecule has 5 aliphatic rings. The van der Waals surface area contributed by atoms with E-state index in [0.29, 0.717) is 30.0 Å². The first kappa shape index (κ1) is 17.0. The summed E-state index contributed by atoms with van der Waals surface area (Å²) in [5, 5.41) is 9.40. The summed E-state index contributed by atoms with van der Waals surface area (Å²) in [6.07, 6.45) is 13.6. The van der Waals surface area contributed by atoms with Crippen molar-refractivity contribution in [2.75, 3.05) is 0 Å². The van der Waals surface area contributed by atoms with Crippen LogP contribution in [-0.2, 0) is 4.79 Å². The van der Waals surface area contributed by atoms with E-state index in [4.69, 9.17) is 5.73 Å². The molecule has 0 radical (unpaired) electrons. The average molecular weight is 357 g/mol. The fourth-order valence-corrected chi connectivity index (χ4v) is 6.79. The Balaban J connectivity index is 1.26. The molecule has 2 N–H and O–H groups in total. The van der Waals surface area contributed by atoms with Gasteiger partial charge in [0.2, 0.25) is 5.91 Å². The van der Waals surface area contributed by atoms with Gasteiger partial charge >= 0.3 is 0 Å². The number of carbonyl (C=O) groups excluding carboxylic acids is 1. The van der Waals surface area contributed by atoms with E-state index >= 15 is 0 Å². The van der Waals surface area contributed by atoms with Crippen LogP contribution in [0, 0.1) is 23.2 Å². The number of piperidine rings is 2. The summed E-state index contributed by atoms with van der Waals surface area (Å²) in [4.78, 5) is 17.8. The van der Waals surface area contributed by atoms with Crippen LogP contribution in [0.15, 0.2) is 0 Å². The quantitative estimate of drug-likeness (QED) is 0.843. The Morgan fingerprint density at radius 1 is 0.962 bits per heavy atom. The highest BCUT2D eigenvalue weighted by molar-refractivity contribution is 5.84. The Morgan fingerprint density at radius 3 is 2.31 bits per heavy atom. The van der Waals surface area contributed by atoms with E-state index in [2.05, 4.69) is 11.0 Å². The number of hydrogen-bond donors (Lipinski definition) is 1. The molecule has 5 fully saturated rings. The number of amides is 1. The fraction of sp³-hybridized carbons (Fsp3) is 0.905. The van der Waals surface area contributed by atoms with Gasteiger partial charge in [-0.1, -0.05) is 19.3 Å². The second kappa shape index (κ2) is 6.49. The number of rotatable bonds is 3. The molecule has 2 bridgehead atoms. The molecule has 26 heavy (non-hydrogen) atoms. The highest BCUT2D eigenvalue weighted by Gasteiger charge is 2.56. The molecule has 0 aromatic rings. The molecule has 0 aromatic heterocycles. The molecule has 142 valence electrons. The van der Waals surface area contributed by atoms with Crippen molar-refractivity contribution in [2.24, 2.45) is 17.6 Å². The molecule has 3 heterocycles. The molecule has 3 saturated heterocycles.